The van der Waals surface area contributed by atoms with Gasteiger partial charge in [0.15, 0.2) is 0 Å². The molecule has 1 aromatic carbocycles. The van der Waals surface area contributed by atoms with Crippen molar-refractivity contribution in [2.45, 2.75) is 32.1 Å². The third-order valence-corrected chi connectivity index (χ3v) is 3.58. The molecule has 0 atom stereocenters. The Morgan fingerprint density at radius 2 is 2.00 bits per heavy atom. The van der Waals surface area contributed by atoms with Crippen molar-refractivity contribution in [3.63, 3.8) is 0 Å². The third-order valence-electron chi connectivity index (χ3n) is 3.35. The van der Waals surface area contributed by atoms with Gasteiger partial charge in [0.05, 0.1) is 0 Å². The Kier molecular flexibility index (Phi) is 3.65. The lowest BCUT2D eigenvalue weighted by Gasteiger charge is -2.11. The fourth-order valence-electron chi connectivity index (χ4n) is 2.36. The molecule has 1 aliphatic carbocycles. The highest BCUT2D eigenvalue weighted by atomic mass is 35.5. The van der Waals surface area contributed by atoms with Crippen LogP contribution in [0.1, 0.15) is 38.0 Å². The van der Waals surface area contributed by atoms with Crippen molar-refractivity contribution < 1.29 is 4.52 Å². The average Bonchev–Trinajstić information content (AvgIpc) is 2.88. The number of allylic oxidation sites excluding steroid dienone is 1. The second-order valence-electron chi connectivity index (χ2n) is 4.83. The van der Waals surface area contributed by atoms with Crippen molar-refractivity contribution in [2.75, 3.05) is 0 Å². The molecule has 0 amide bonds. The van der Waals surface area contributed by atoms with Gasteiger partial charge in [-0.15, -0.1) is 0 Å². The number of hydrogen-bond acceptors (Lipinski definition) is 3. The summed E-state index contributed by atoms with van der Waals surface area (Å²) in [6.45, 7) is 0. The van der Waals surface area contributed by atoms with E-state index in [1.165, 1.54) is 24.8 Å². The van der Waals surface area contributed by atoms with Gasteiger partial charge in [-0.1, -0.05) is 40.9 Å². The van der Waals surface area contributed by atoms with Crippen LogP contribution in [0, 0.1) is 0 Å². The highest BCUT2D eigenvalue weighted by molar-refractivity contribution is 6.30. The zero-order chi connectivity index (χ0) is 13.1. The molecule has 19 heavy (non-hydrogen) atoms. The van der Waals surface area contributed by atoms with Crippen LogP contribution in [0.25, 0.3) is 17.5 Å². The van der Waals surface area contributed by atoms with Crippen LogP contribution in [0.5, 0.6) is 0 Å². The number of hydrogen-bond donors (Lipinski definition) is 0. The van der Waals surface area contributed by atoms with Crippen LogP contribution in [-0.4, -0.2) is 10.1 Å². The monoisotopic (exact) mass is 274 g/mol. The third kappa shape index (κ3) is 3.04. The summed E-state index contributed by atoms with van der Waals surface area (Å²) in [7, 11) is 0. The molecule has 0 aliphatic heterocycles. The first-order valence-corrected chi connectivity index (χ1v) is 6.98. The highest BCUT2D eigenvalue weighted by Gasteiger charge is 2.10. The lowest BCUT2D eigenvalue weighted by Crippen LogP contribution is -1.93. The number of nitrogens with zero attached hydrogens (tertiary/aromatic N) is 2. The maximum absolute atomic E-state index is 5.96. The summed E-state index contributed by atoms with van der Waals surface area (Å²) in [5.74, 6) is 1.18. The fraction of sp³-hybridized carbons (Fsp3) is 0.333. The highest BCUT2D eigenvalue weighted by Crippen LogP contribution is 2.25. The van der Waals surface area contributed by atoms with Gasteiger partial charge >= 0.3 is 0 Å². The summed E-state index contributed by atoms with van der Waals surface area (Å²) >= 11 is 5.96. The molecule has 1 aromatic heterocycles. The smallest absolute Gasteiger partial charge is 0.250 e. The Bertz CT molecular complexity index is 596. The molecular formula is C15H15ClN2O. The Balaban J connectivity index is 1.83. The van der Waals surface area contributed by atoms with Crippen LogP contribution in [-0.2, 0) is 0 Å². The minimum absolute atomic E-state index is 0.588. The lowest BCUT2D eigenvalue weighted by atomic mass is 9.95. The number of aromatic nitrogens is 2. The fourth-order valence-corrected chi connectivity index (χ4v) is 2.55. The molecule has 0 unspecified atom stereocenters. The zero-order valence-electron chi connectivity index (χ0n) is 10.6. The minimum atomic E-state index is 0.588. The van der Waals surface area contributed by atoms with Crippen LogP contribution < -0.4 is 0 Å². The van der Waals surface area contributed by atoms with Gasteiger partial charge in [-0.3, -0.25) is 0 Å². The molecule has 0 N–H and O–H groups in total. The molecule has 0 bridgehead atoms. The molecule has 3 rings (SSSR count). The average molecular weight is 275 g/mol. The van der Waals surface area contributed by atoms with Crippen molar-refractivity contribution in [1.29, 1.82) is 0 Å². The first-order valence-electron chi connectivity index (χ1n) is 6.60. The second kappa shape index (κ2) is 5.57. The van der Waals surface area contributed by atoms with Gasteiger partial charge in [-0.05, 0) is 37.8 Å². The van der Waals surface area contributed by atoms with Gasteiger partial charge in [0.25, 0.3) is 5.89 Å². The summed E-state index contributed by atoms with van der Waals surface area (Å²) in [5, 5.41) is 4.68. The molecule has 3 nitrogen and oxygen atoms in total. The summed E-state index contributed by atoms with van der Waals surface area (Å²) in [5.41, 5.74) is 2.29. The standard InChI is InChI=1S/C15H15ClN2O/c16-13-8-4-7-12(10-13)15-17-14(19-18-15)9-11-5-2-1-3-6-11/h4,7-10H,1-3,5-6H2. The largest absolute Gasteiger partial charge is 0.334 e. The molecular weight excluding hydrogens is 260 g/mol. The maximum Gasteiger partial charge on any atom is 0.250 e. The van der Waals surface area contributed by atoms with Gasteiger partial charge in [-0.25, -0.2) is 0 Å². The minimum Gasteiger partial charge on any atom is -0.334 e. The van der Waals surface area contributed by atoms with Crippen LogP contribution in [0.15, 0.2) is 34.4 Å². The van der Waals surface area contributed by atoms with E-state index in [-0.39, 0.29) is 0 Å². The van der Waals surface area contributed by atoms with E-state index < -0.39 is 0 Å². The first-order chi connectivity index (χ1) is 9.31. The van der Waals surface area contributed by atoms with Crippen LogP contribution in [0.4, 0.5) is 0 Å². The number of rotatable bonds is 2. The topological polar surface area (TPSA) is 38.9 Å². The Morgan fingerprint density at radius 1 is 1.16 bits per heavy atom. The van der Waals surface area contributed by atoms with Crippen LogP contribution in [0.2, 0.25) is 5.02 Å². The Morgan fingerprint density at radius 3 is 2.79 bits per heavy atom. The van der Waals surface area contributed by atoms with E-state index in [2.05, 4.69) is 10.1 Å². The van der Waals surface area contributed by atoms with E-state index in [4.69, 9.17) is 16.1 Å². The van der Waals surface area contributed by atoms with Gasteiger partial charge in [0.2, 0.25) is 5.82 Å². The first kappa shape index (κ1) is 12.4. The van der Waals surface area contributed by atoms with E-state index in [0.29, 0.717) is 16.7 Å². The molecule has 1 aliphatic rings. The molecule has 1 heterocycles. The van der Waals surface area contributed by atoms with E-state index in [1.54, 1.807) is 0 Å². The molecule has 0 radical (unpaired) electrons. The summed E-state index contributed by atoms with van der Waals surface area (Å²) in [6.07, 6.45) is 8.18. The molecule has 98 valence electrons. The summed E-state index contributed by atoms with van der Waals surface area (Å²) < 4.78 is 5.28. The predicted molar refractivity (Wildman–Crippen MR) is 75.8 cm³/mol. The molecule has 2 aromatic rings. The van der Waals surface area contributed by atoms with Gasteiger partial charge in [-0.2, -0.15) is 4.98 Å². The summed E-state index contributed by atoms with van der Waals surface area (Å²) in [6, 6.07) is 7.47. The second-order valence-corrected chi connectivity index (χ2v) is 5.27. The van der Waals surface area contributed by atoms with E-state index in [0.717, 1.165) is 18.4 Å². The van der Waals surface area contributed by atoms with Gasteiger partial charge < -0.3 is 4.52 Å². The van der Waals surface area contributed by atoms with Crippen molar-refractivity contribution in [3.8, 4) is 11.4 Å². The molecule has 1 saturated carbocycles. The van der Waals surface area contributed by atoms with Crippen molar-refractivity contribution in [1.82, 2.24) is 10.1 Å². The number of benzene rings is 1. The zero-order valence-corrected chi connectivity index (χ0v) is 11.4. The molecule has 0 saturated heterocycles. The molecule has 0 spiro atoms. The van der Waals surface area contributed by atoms with E-state index in [1.807, 2.05) is 30.3 Å². The lowest BCUT2D eigenvalue weighted by molar-refractivity contribution is 0.410. The van der Waals surface area contributed by atoms with E-state index in [9.17, 15) is 0 Å². The Hall–Kier alpha value is -1.61. The van der Waals surface area contributed by atoms with Crippen molar-refractivity contribution >= 4 is 17.7 Å². The van der Waals surface area contributed by atoms with Gasteiger partial charge in [0, 0.05) is 16.7 Å². The Labute approximate surface area is 117 Å². The predicted octanol–water partition coefficient (Wildman–Crippen LogP) is 4.74. The van der Waals surface area contributed by atoms with Crippen LogP contribution >= 0.6 is 11.6 Å². The summed E-state index contributed by atoms with van der Waals surface area (Å²) in [4.78, 5) is 4.40. The van der Waals surface area contributed by atoms with Crippen molar-refractivity contribution in [3.05, 3.63) is 40.8 Å². The SMILES string of the molecule is Clc1cccc(-c2noc(C=C3CCCCC3)n2)c1. The quantitative estimate of drug-likeness (QED) is 0.794. The molecule has 4 heteroatoms. The maximum atomic E-state index is 5.96. The normalized spacial score (nSPS) is 15.5. The van der Waals surface area contributed by atoms with Crippen molar-refractivity contribution in [2.24, 2.45) is 0 Å². The molecule has 1 fully saturated rings. The number of halogens is 1. The van der Waals surface area contributed by atoms with Crippen LogP contribution in [0.3, 0.4) is 0 Å². The van der Waals surface area contributed by atoms with E-state index >= 15 is 0 Å². The van der Waals surface area contributed by atoms with Gasteiger partial charge in [0.1, 0.15) is 0 Å².